The number of carbonyl (C=O) groups is 1. The SMILES string of the molecule is CC1CC(NC(=O)C2CCCC(N)C2)CN1Cc1ccccc1. The van der Waals surface area contributed by atoms with Crippen LogP contribution in [0.5, 0.6) is 0 Å². The van der Waals surface area contributed by atoms with Crippen molar-refractivity contribution in [2.24, 2.45) is 11.7 Å². The highest BCUT2D eigenvalue weighted by molar-refractivity contribution is 5.79. The van der Waals surface area contributed by atoms with Crippen LogP contribution >= 0.6 is 0 Å². The van der Waals surface area contributed by atoms with Gasteiger partial charge in [-0.1, -0.05) is 36.8 Å². The third kappa shape index (κ3) is 4.33. The Kier molecular flexibility index (Phi) is 5.34. The quantitative estimate of drug-likeness (QED) is 0.896. The van der Waals surface area contributed by atoms with Crippen molar-refractivity contribution in [3.63, 3.8) is 0 Å². The van der Waals surface area contributed by atoms with Crippen LogP contribution in [0, 0.1) is 5.92 Å². The summed E-state index contributed by atoms with van der Waals surface area (Å²) in [4.78, 5) is 15.0. The molecule has 2 fully saturated rings. The zero-order valence-corrected chi connectivity index (χ0v) is 14.1. The van der Waals surface area contributed by atoms with Gasteiger partial charge in [-0.3, -0.25) is 9.69 Å². The second-order valence-corrected chi connectivity index (χ2v) is 7.33. The van der Waals surface area contributed by atoms with Crippen molar-refractivity contribution in [1.29, 1.82) is 0 Å². The highest BCUT2D eigenvalue weighted by Gasteiger charge is 2.32. The molecule has 1 aromatic rings. The van der Waals surface area contributed by atoms with E-state index in [4.69, 9.17) is 5.73 Å². The van der Waals surface area contributed by atoms with Crippen molar-refractivity contribution in [3.8, 4) is 0 Å². The summed E-state index contributed by atoms with van der Waals surface area (Å²) in [6.45, 7) is 4.16. The Morgan fingerprint density at radius 1 is 1.26 bits per heavy atom. The second kappa shape index (κ2) is 7.45. The van der Waals surface area contributed by atoms with Gasteiger partial charge in [-0.05, 0) is 38.2 Å². The highest BCUT2D eigenvalue weighted by Crippen LogP contribution is 2.25. The summed E-state index contributed by atoms with van der Waals surface area (Å²) in [6, 6.07) is 11.5. The van der Waals surface area contributed by atoms with Crippen molar-refractivity contribution in [2.45, 2.75) is 63.7 Å². The van der Waals surface area contributed by atoms with Gasteiger partial charge in [0, 0.05) is 37.1 Å². The van der Waals surface area contributed by atoms with Gasteiger partial charge >= 0.3 is 0 Å². The Morgan fingerprint density at radius 3 is 2.78 bits per heavy atom. The fraction of sp³-hybridized carbons (Fsp3) is 0.632. The molecular weight excluding hydrogens is 286 g/mol. The molecule has 0 bridgehead atoms. The number of hydrogen-bond donors (Lipinski definition) is 2. The van der Waals surface area contributed by atoms with E-state index >= 15 is 0 Å². The van der Waals surface area contributed by atoms with Crippen LogP contribution in [0.1, 0.15) is 44.6 Å². The van der Waals surface area contributed by atoms with Crippen molar-refractivity contribution < 1.29 is 4.79 Å². The van der Waals surface area contributed by atoms with Crippen LogP contribution in [0.4, 0.5) is 0 Å². The average molecular weight is 315 g/mol. The minimum atomic E-state index is 0.122. The lowest BCUT2D eigenvalue weighted by molar-refractivity contribution is -0.126. The third-order valence-electron chi connectivity index (χ3n) is 5.36. The molecule has 0 spiro atoms. The van der Waals surface area contributed by atoms with Crippen LogP contribution in [0.25, 0.3) is 0 Å². The summed E-state index contributed by atoms with van der Waals surface area (Å²) in [6.07, 6.45) is 5.03. The molecule has 4 atom stereocenters. The first kappa shape index (κ1) is 16.5. The molecule has 4 heteroatoms. The normalized spacial score (nSPS) is 31.9. The smallest absolute Gasteiger partial charge is 0.223 e. The molecule has 1 aliphatic heterocycles. The zero-order valence-electron chi connectivity index (χ0n) is 14.1. The number of nitrogens with zero attached hydrogens (tertiary/aromatic N) is 1. The van der Waals surface area contributed by atoms with Gasteiger partial charge in [-0.25, -0.2) is 0 Å². The van der Waals surface area contributed by atoms with Gasteiger partial charge in [0.25, 0.3) is 0 Å². The fourth-order valence-electron chi connectivity index (χ4n) is 4.03. The largest absolute Gasteiger partial charge is 0.352 e. The molecule has 1 saturated heterocycles. The summed E-state index contributed by atoms with van der Waals surface area (Å²) in [7, 11) is 0. The minimum absolute atomic E-state index is 0.122. The molecule has 4 unspecified atom stereocenters. The molecule has 0 radical (unpaired) electrons. The van der Waals surface area contributed by atoms with Crippen LogP contribution in [0.3, 0.4) is 0 Å². The first-order chi connectivity index (χ1) is 11.1. The van der Waals surface area contributed by atoms with Gasteiger partial charge in [-0.2, -0.15) is 0 Å². The van der Waals surface area contributed by atoms with Crippen LogP contribution in [-0.4, -0.2) is 35.5 Å². The van der Waals surface area contributed by atoms with Crippen LogP contribution in [-0.2, 0) is 11.3 Å². The fourth-order valence-corrected chi connectivity index (χ4v) is 4.03. The van der Waals surface area contributed by atoms with E-state index in [9.17, 15) is 4.79 Å². The third-order valence-corrected chi connectivity index (χ3v) is 5.36. The Hall–Kier alpha value is -1.39. The zero-order chi connectivity index (χ0) is 16.2. The van der Waals surface area contributed by atoms with Gasteiger partial charge in [-0.15, -0.1) is 0 Å². The lowest BCUT2D eigenvalue weighted by Crippen LogP contribution is -2.43. The predicted octanol–water partition coefficient (Wildman–Crippen LogP) is 2.28. The monoisotopic (exact) mass is 315 g/mol. The van der Waals surface area contributed by atoms with E-state index in [1.165, 1.54) is 5.56 Å². The summed E-state index contributed by atoms with van der Waals surface area (Å²) < 4.78 is 0. The van der Waals surface area contributed by atoms with Gasteiger partial charge in [0.05, 0.1) is 0 Å². The molecule has 1 amide bonds. The topological polar surface area (TPSA) is 58.4 Å². The molecule has 3 N–H and O–H groups in total. The average Bonchev–Trinajstić information content (AvgIpc) is 2.88. The molecule has 2 aliphatic rings. The van der Waals surface area contributed by atoms with E-state index < -0.39 is 0 Å². The van der Waals surface area contributed by atoms with E-state index in [-0.39, 0.29) is 23.9 Å². The molecule has 126 valence electrons. The van der Waals surface area contributed by atoms with Crippen molar-refractivity contribution in [1.82, 2.24) is 10.2 Å². The maximum Gasteiger partial charge on any atom is 0.223 e. The van der Waals surface area contributed by atoms with Gasteiger partial charge in [0.1, 0.15) is 0 Å². The highest BCUT2D eigenvalue weighted by atomic mass is 16.2. The molecule has 0 aromatic heterocycles. The van der Waals surface area contributed by atoms with E-state index in [1.807, 2.05) is 0 Å². The predicted molar refractivity (Wildman–Crippen MR) is 92.8 cm³/mol. The number of benzene rings is 1. The summed E-state index contributed by atoms with van der Waals surface area (Å²) in [5, 5.41) is 3.28. The number of rotatable bonds is 4. The summed E-state index contributed by atoms with van der Waals surface area (Å²) in [5.41, 5.74) is 7.35. The Bertz CT molecular complexity index is 519. The molecule has 1 heterocycles. The van der Waals surface area contributed by atoms with Crippen LogP contribution < -0.4 is 11.1 Å². The van der Waals surface area contributed by atoms with Crippen LogP contribution in [0.2, 0.25) is 0 Å². The number of carbonyl (C=O) groups excluding carboxylic acids is 1. The van der Waals surface area contributed by atoms with E-state index in [1.54, 1.807) is 0 Å². The molecule has 23 heavy (non-hydrogen) atoms. The van der Waals surface area contributed by atoms with Crippen molar-refractivity contribution >= 4 is 5.91 Å². The van der Waals surface area contributed by atoms with Crippen molar-refractivity contribution in [3.05, 3.63) is 35.9 Å². The van der Waals surface area contributed by atoms with Crippen molar-refractivity contribution in [2.75, 3.05) is 6.54 Å². The first-order valence-corrected chi connectivity index (χ1v) is 8.95. The molecular formula is C19H29N3O. The maximum absolute atomic E-state index is 12.5. The molecule has 3 rings (SSSR count). The number of nitrogens with one attached hydrogen (secondary N) is 1. The number of likely N-dealkylation sites (tertiary alicyclic amines) is 1. The maximum atomic E-state index is 12.5. The molecule has 1 aliphatic carbocycles. The van der Waals surface area contributed by atoms with E-state index in [0.29, 0.717) is 6.04 Å². The standard InChI is InChI=1S/C19H29N3O/c1-14-10-18(13-22(14)12-15-6-3-2-4-7-15)21-19(23)16-8-5-9-17(20)11-16/h2-4,6-7,14,16-18H,5,8-13,20H2,1H3,(H,21,23). The van der Waals surface area contributed by atoms with Gasteiger partial charge in [0.15, 0.2) is 0 Å². The van der Waals surface area contributed by atoms with Gasteiger partial charge in [0.2, 0.25) is 5.91 Å². The number of nitrogens with two attached hydrogens (primary N) is 1. The Morgan fingerprint density at radius 2 is 2.04 bits per heavy atom. The molecule has 1 aromatic carbocycles. The lowest BCUT2D eigenvalue weighted by Gasteiger charge is -2.27. The van der Waals surface area contributed by atoms with E-state index in [0.717, 1.165) is 45.2 Å². The van der Waals surface area contributed by atoms with Gasteiger partial charge < -0.3 is 11.1 Å². The number of hydrogen-bond acceptors (Lipinski definition) is 3. The Balaban J connectivity index is 1.51. The molecule has 1 saturated carbocycles. The summed E-state index contributed by atoms with van der Waals surface area (Å²) in [5.74, 6) is 0.344. The number of amides is 1. The van der Waals surface area contributed by atoms with Crippen LogP contribution in [0.15, 0.2) is 30.3 Å². The second-order valence-electron chi connectivity index (χ2n) is 7.33. The minimum Gasteiger partial charge on any atom is -0.352 e. The lowest BCUT2D eigenvalue weighted by atomic mass is 9.85. The molecule has 4 nitrogen and oxygen atoms in total. The first-order valence-electron chi connectivity index (χ1n) is 8.95. The Labute approximate surface area is 139 Å². The van der Waals surface area contributed by atoms with E-state index in [2.05, 4.69) is 47.5 Å². The summed E-state index contributed by atoms with van der Waals surface area (Å²) >= 11 is 0.